The Morgan fingerprint density at radius 3 is 1.61 bits per heavy atom. The first-order valence-corrected chi connectivity index (χ1v) is 7.14. The van der Waals surface area contributed by atoms with Crippen molar-refractivity contribution in [1.29, 1.82) is 0 Å². The predicted octanol–water partition coefficient (Wildman–Crippen LogP) is 5.14. The Bertz CT molecular complexity index is 742. The molecule has 0 saturated carbocycles. The highest BCUT2D eigenvalue weighted by Gasteiger charge is 2.09. The zero-order valence-corrected chi connectivity index (χ0v) is 12.2. The molecule has 4 heteroatoms. The summed E-state index contributed by atoms with van der Waals surface area (Å²) in [6.45, 7) is 0. The molecule has 23 heavy (non-hydrogen) atoms. The Labute approximate surface area is 133 Å². The van der Waals surface area contributed by atoms with Crippen molar-refractivity contribution in [2.45, 2.75) is 0 Å². The smallest absolute Gasteiger partial charge is 0.134 e. The summed E-state index contributed by atoms with van der Waals surface area (Å²) in [5.41, 5.74) is 1.43. The molecular weight excluding hydrogens is 294 g/mol. The first kappa shape index (κ1) is 14.9. The van der Waals surface area contributed by atoms with Crippen LogP contribution in [0, 0.1) is 11.6 Å². The summed E-state index contributed by atoms with van der Waals surface area (Å²) in [4.78, 5) is 0. The highest BCUT2D eigenvalue weighted by molar-refractivity contribution is 5.82. The maximum absolute atomic E-state index is 13.8. The average molecular weight is 308 g/mol. The van der Waals surface area contributed by atoms with Crippen LogP contribution in [0.1, 0.15) is 5.56 Å². The Balaban J connectivity index is 2.02. The molecule has 2 nitrogen and oxygen atoms in total. The SMILES string of the molecule is Fc1cccc(F)c1/C=N/N(c1ccccc1)c1ccccc1. The van der Waals surface area contributed by atoms with Gasteiger partial charge < -0.3 is 0 Å². The van der Waals surface area contributed by atoms with E-state index in [1.54, 1.807) is 5.01 Å². The fourth-order valence-corrected chi connectivity index (χ4v) is 2.17. The number of para-hydroxylation sites is 2. The molecule has 3 aromatic rings. The number of benzene rings is 3. The summed E-state index contributed by atoms with van der Waals surface area (Å²) in [5, 5.41) is 5.92. The van der Waals surface area contributed by atoms with Gasteiger partial charge in [0.25, 0.3) is 0 Å². The van der Waals surface area contributed by atoms with Gasteiger partial charge in [0, 0.05) is 0 Å². The van der Waals surface area contributed by atoms with Crippen molar-refractivity contribution in [3.63, 3.8) is 0 Å². The predicted molar refractivity (Wildman–Crippen MR) is 89.0 cm³/mol. The fraction of sp³-hybridized carbons (Fsp3) is 0. The lowest BCUT2D eigenvalue weighted by molar-refractivity contribution is 0.580. The van der Waals surface area contributed by atoms with Crippen molar-refractivity contribution in [2.24, 2.45) is 5.10 Å². The van der Waals surface area contributed by atoms with E-state index in [1.165, 1.54) is 24.4 Å². The number of halogens is 2. The van der Waals surface area contributed by atoms with E-state index in [-0.39, 0.29) is 5.56 Å². The number of hydrazone groups is 1. The van der Waals surface area contributed by atoms with Crippen LogP contribution in [0.15, 0.2) is 84.0 Å². The molecule has 0 aliphatic rings. The zero-order valence-electron chi connectivity index (χ0n) is 12.2. The minimum absolute atomic E-state index is 0.163. The number of hydrogen-bond donors (Lipinski definition) is 0. The molecule has 0 atom stereocenters. The Kier molecular flexibility index (Phi) is 4.43. The molecule has 0 bridgehead atoms. The van der Waals surface area contributed by atoms with Gasteiger partial charge in [0.05, 0.1) is 23.2 Å². The molecule has 3 aromatic carbocycles. The van der Waals surface area contributed by atoms with Crippen LogP contribution in [0.3, 0.4) is 0 Å². The van der Waals surface area contributed by atoms with Crippen LogP contribution in [0.4, 0.5) is 20.2 Å². The van der Waals surface area contributed by atoms with Crippen molar-refractivity contribution in [2.75, 3.05) is 5.01 Å². The lowest BCUT2D eigenvalue weighted by atomic mass is 10.2. The Morgan fingerprint density at radius 2 is 1.13 bits per heavy atom. The van der Waals surface area contributed by atoms with Crippen LogP contribution in [-0.2, 0) is 0 Å². The number of rotatable bonds is 4. The molecular formula is C19H14F2N2. The molecule has 114 valence electrons. The number of nitrogens with zero attached hydrogens (tertiary/aromatic N) is 2. The second kappa shape index (κ2) is 6.83. The second-order valence-electron chi connectivity index (χ2n) is 4.86. The minimum atomic E-state index is -0.644. The minimum Gasteiger partial charge on any atom is -0.234 e. The summed E-state index contributed by atoms with van der Waals surface area (Å²) < 4.78 is 27.5. The van der Waals surface area contributed by atoms with E-state index in [2.05, 4.69) is 5.10 Å². The molecule has 0 amide bonds. The lowest BCUT2D eigenvalue weighted by Gasteiger charge is -2.19. The molecule has 0 spiro atoms. The van der Waals surface area contributed by atoms with Gasteiger partial charge in [-0.2, -0.15) is 5.10 Å². The third-order valence-electron chi connectivity index (χ3n) is 3.30. The molecule has 0 aromatic heterocycles. The van der Waals surface area contributed by atoms with Crippen LogP contribution < -0.4 is 5.01 Å². The normalized spacial score (nSPS) is 10.9. The van der Waals surface area contributed by atoms with Crippen molar-refractivity contribution >= 4 is 17.6 Å². The van der Waals surface area contributed by atoms with E-state index in [9.17, 15) is 8.78 Å². The van der Waals surface area contributed by atoms with E-state index in [1.807, 2.05) is 60.7 Å². The van der Waals surface area contributed by atoms with E-state index in [0.717, 1.165) is 11.4 Å². The van der Waals surface area contributed by atoms with Gasteiger partial charge in [0.1, 0.15) is 11.6 Å². The van der Waals surface area contributed by atoms with Gasteiger partial charge in [-0.1, -0.05) is 42.5 Å². The molecule has 3 rings (SSSR count). The molecule has 0 radical (unpaired) electrons. The highest BCUT2D eigenvalue weighted by atomic mass is 19.1. The van der Waals surface area contributed by atoms with Crippen LogP contribution in [0.5, 0.6) is 0 Å². The third kappa shape index (κ3) is 3.43. The lowest BCUT2D eigenvalue weighted by Crippen LogP contribution is -2.10. The number of anilines is 2. The standard InChI is InChI=1S/C19H14F2N2/c20-18-12-7-13-19(21)17(18)14-22-23(15-8-3-1-4-9-15)16-10-5-2-6-11-16/h1-14H/b22-14+. The van der Waals surface area contributed by atoms with Crippen molar-refractivity contribution in [1.82, 2.24) is 0 Å². The van der Waals surface area contributed by atoms with Crippen LogP contribution >= 0.6 is 0 Å². The monoisotopic (exact) mass is 308 g/mol. The summed E-state index contributed by atoms with van der Waals surface area (Å²) in [5.74, 6) is -1.29. The fourth-order valence-electron chi connectivity index (χ4n) is 2.17. The molecule has 0 fully saturated rings. The van der Waals surface area contributed by atoms with Crippen molar-refractivity contribution in [3.8, 4) is 0 Å². The van der Waals surface area contributed by atoms with E-state index in [4.69, 9.17) is 0 Å². The number of hydrogen-bond acceptors (Lipinski definition) is 2. The molecule has 0 aliphatic carbocycles. The molecule has 0 unspecified atom stereocenters. The highest BCUT2D eigenvalue weighted by Crippen LogP contribution is 2.25. The topological polar surface area (TPSA) is 15.6 Å². The van der Waals surface area contributed by atoms with Crippen molar-refractivity contribution in [3.05, 3.63) is 96.1 Å². The van der Waals surface area contributed by atoms with E-state index < -0.39 is 11.6 Å². The van der Waals surface area contributed by atoms with Gasteiger partial charge in [-0.3, -0.25) is 0 Å². The summed E-state index contributed by atoms with van der Waals surface area (Å²) in [7, 11) is 0. The van der Waals surface area contributed by atoms with Crippen LogP contribution in [0.2, 0.25) is 0 Å². The van der Waals surface area contributed by atoms with Gasteiger partial charge >= 0.3 is 0 Å². The first-order chi connectivity index (χ1) is 11.3. The molecule has 0 heterocycles. The van der Waals surface area contributed by atoms with Gasteiger partial charge in [-0.25, -0.2) is 13.8 Å². The first-order valence-electron chi connectivity index (χ1n) is 7.14. The molecule has 0 aliphatic heterocycles. The third-order valence-corrected chi connectivity index (χ3v) is 3.30. The summed E-state index contributed by atoms with van der Waals surface area (Å²) in [6, 6.07) is 22.6. The van der Waals surface area contributed by atoms with E-state index in [0.29, 0.717) is 0 Å². The van der Waals surface area contributed by atoms with Crippen LogP contribution in [0.25, 0.3) is 0 Å². The zero-order chi connectivity index (χ0) is 16.1. The Morgan fingerprint density at radius 1 is 0.652 bits per heavy atom. The van der Waals surface area contributed by atoms with Gasteiger partial charge in [-0.15, -0.1) is 0 Å². The largest absolute Gasteiger partial charge is 0.234 e. The van der Waals surface area contributed by atoms with E-state index >= 15 is 0 Å². The van der Waals surface area contributed by atoms with Crippen LogP contribution in [-0.4, -0.2) is 6.21 Å². The van der Waals surface area contributed by atoms with Gasteiger partial charge in [0.2, 0.25) is 0 Å². The summed E-state index contributed by atoms with van der Waals surface area (Å²) in [6.07, 6.45) is 1.20. The molecule has 0 saturated heterocycles. The quantitative estimate of drug-likeness (QED) is 0.481. The average Bonchev–Trinajstić information content (AvgIpc) is 2.59. The maximum Gasteiger partial charge on any atom is 0.134 e. The molecule has 0 N–H and O–H groups in total. The maximum atomic E-state index is 13.8. The van der Waals surface area contributed by atoms with Gasteiger partial charge in [-0.05, 0) is 36.4 Å². The Hall–Kier alpha value is -3.01. The second-order valence-corrected chi connectivity index (χ2v) is 4.86. The van der Waals surface area contributed by atoms with Gasteiger partial charge in [0.15, 0.2) is 0 Å². The van der Waals surface area contributed by atoms with Crippen molar-refractivity contribution < 1.29 is 8.78 Å². The summed E-state index contributed by atoms with van der Waals surface area (Å²) >= 11 is 0.